The van der Waals surface area contributed by atoms with Crippen molar-refractivity contribution in [1.82, 2.24) is 15.1 Å². The molecule has 2 N–H and O–H groups in total. The maximum absolute atomic E-state index is 13.4. The van der Waals surface area contributed by atoms with Crippen molar-refractivity contribution in [3.8, 4) is 0 Å². The van der Waals surface area contributed by atoms with Crippen LogP contribution in [0.2, 0.25) is 0 Å². The molecule has 1 fully saturated rings. The van der Waals surface area contributed by atoms with E-state index in [9.17, 15) is 18.7 Å². The van der Waals surface area contributed by atoms with Gasteiger partial charge in [0.15, 0.2) is 11.6 Å². The third-order valence-electron chi connectivity index (χ3n) is 3.61. The molecule has 0 spiro atoms. The van der Waals surface area contributed by atoms with E-state index in [2.05, 4.69) is 10.2 Å². The Morgan fingerprint density at radius 1 is 1.38 bits per heavy atom. The first kappa shape index (κ1) is 13.7. The number of aromatic nitrogens is 2. The van der Waals surface area contributed by atoms with E-state index >= 15 is 0 Å². The average molecular weight is 293 g/mol. The SMILES string of the molecule is O=C(c1cn[nH]c1)N1CC(O)CC1c1ccc(F)c(F)c1. The summed E-state index contributed by atoms with van der Waals surface area (Å²) < 4.78 is 26.4. The molecule has 1 aliphatic rings. The van der Waals surface area contributed by atoms with Crippen molar-refractivity contribution >= 4 is 5.91 Å². The summed E-state index contributed by atoms with van der Waals surface area (Å²) in [5.41, 5.74) is 0.818. The van der Waals surface area contributed by atoms with Crippen molar-refractivity contribution in [3.63, 3.8) is 0 Å². The van der Waals surface area contributed by atoms with Crippen LogP contribution in [0.1, 0.15) is 28.4 Å². The Bertz CT molecular complexity index is 660. The summed E-state index contributed by atoms with van der Waals surface area (Å²) in [7, 11) is 0. The number of likely N-dealkylation sites (tertiary alicyclic amines) is 1. The second-order valence-corrected chi connectivity index (χ2v) is 5.02. The second-order valence-electron chi connectivity index (χ2n) is 5.02. The lowest BCUT2D eigenvalue weighted by molar-refractivity contribution is 0.0715. The smallest absolute Gasteiger partial charge is 0.257 e. The number of carbonyl (C=O) groups is 1. The van der Waals surface area contributed by atoms with Gasteiger partial charge in [-0.15, -0.1) is 0 Å². The first-order valence-corrected chi connectivity index (χ1v) is 6.49. The van der Waals surface area contributed by atoms with E-state index in [4.69, 9.17) is 0 Å². The Morgan fingerprint density at radius 3 is 2.86 bits per heavy atom. The van der Waals surface area contributed by atoms with Crippen LogP contribution in [0, 0.1) is 11.6 Å². The Balaban J connectivity index is 1.92. The van der Waals surface area contributed by atoms with Crippen LogP contribution < -0.4 is 0 Å². The molecular weight excluding hydrogens is 280 g/mol. The fourth-order valence-electron chi connectivity index (χ4n) is 2.61. The Hall–Kier alpha value is -2.28. The number of nitrogens with zero attached hydrogens (tertiary/aromatic N) is 2. The average Bonchev–Trinajstić information content (AvgIpc) is 3.10. The zero-order chi connectivity index (χ0) is 15.0. The summed E-state index contributed by atoms with van der Waals surface area (Å²) in [5, 5.41) is 16.1. The molecule has 5 nitrogen and oxygen atoms in total. The lowest BCUT2D eigenvalue weighted by atomic mass is 10.0. The van der Waals surface area contributed by atoms with E-state index in [1.807, 2.05) is 0 Å². The van der Waals surface area contributed by atoms with Gasteiger partial charge in [0.1, 0.15) is 0 Å². The molecule has 7 heteroatoms. The zero-order valence-corrected chi connectivity index (χ0v) is 11.0. The molecule has 0 radical (unpaired) electrons. The minimum absolute atomic E-state index is 0.147. The van der Waals surface area contributed by atoms with E-state index in [0.29, 0.717) is 11.1 Å². The van der Waals surface area contributed by atoms with E-state index < -0.39 is 23.8 Å². The quantitative estimate of drug-likeness (QED) is 0.884. The van der Waals surface area contributed by atoms with Gasteiger partial charge in [0, 0.05) is 12.7 Å². The van der Waals surface area contributed by atoms with Crippen molar-refractivity contribution in [2.45, 2.75) is 18.6 Å². The number of β-amino-alcohol motifs (C(OH)–C–C–N with tert-alkyl or cyclic N) is 1. The van der Waals surface area contributed by atoms with Crippen LogP contribution in [-0.2, 0) is 0 Å². The van der Waals surface area contributed by atoms with Gasteiger partial charge in [-0.1, -0.05) is 6.07 Å². The van der Waals surface area contributed by atoms with Crippen LogP contribution in [0.5, 0.6) is 0 Å². The molecule has 1 saturated heterocycles. The van der Waals surface area contributed by atoms with Gasteiger partial charge in [0.05, 0.1) is 23.9 Å². The Kier molecular flexibility index (Phi) is 3.42. The first-order valence-electron chi connectivity index (χ1n) is 6.49. The van der Waals surface area contributed by atoms with Crippen molar-refractivity contribution in [2.75, 3.05) is 6.54 Å². The third-order valence-corrected chi connectivity index (χ3v) is 3.61. The van der Waals surface area contributed by atoms with Gasteiger partial charge in [-0.2, -0.15) is 5.10 Å². The predicted molar refractivity (Wildman–Crippen MR) is 69.3 cm³/mol. The van der Waals surface area contributed by atoms with Crippen LogP contribution in [0.25, 0.3) is 0 Å². The van der Waals surface area contributed by atoms with Crippen LogP contribution in [0.3, 0.4) is 0 Å². The highest BCUT2D eigenvalue weighted by Gasteiger charge is 2.36. The molecule has 1 amide bonds. The maximum Gasteiger partial charge on any atom is 0.257 e. The number of halogens is 2. The summed E-state index contributed by atoms with van der Waals surface area (Å²) in [4.78, 5) is 13.8. The molecule has 1 aliphatic heterocycles. The minimum Gasteiger partial charge on any atom is -0.391 e. The topological polar surface area (TPSA) is 69.2 Å². The summed E-state index contributed by atoms with van der Waals surface area (Å²) in [6.45, 7) is 0.147. The van der Waals surface area contributed by atoms with Crippen LogP contribution in [-0.4, -0.2) is 38.8 Å². The number of aromatic amines is 1. The van der Waals surface area contributed by atoms with Crippen molar-refractivity contribution in [1.29, 1.82) is 0 Å². The molecule has 21 heavy (non-hydrogen) atoms. The number of H-pyrrole nitrogens is 1. The number of aliphatic hydroxyl groups is 1. The fourth-order valence-corrected chi connectivity index (χ4v) is 2.61. The number of amides is 1. The molecule has 0 saturated carbocycles. The van der Waals surface area contributed by atoms with E-state index in [1.54, 1.807) is 0 Å². The Labute approximate surface area is 119 Å². The summed E-state index contributed by atoms with van der Waals surface area (Å²) in [5.74, 6) is -2.22. The molecule has 2 aromatic rings. The lowest BCUT2D eigenvalue weighted by Gasteiger charge is -2.24. The van der Waals surface area contributed by atoms with Gasteiger partial charge < -0.3 is 10.0 Å². The van der Waals surface area contributed by atoms with Gasteiger partial charge in [0.2, 0.25) is 0 Å². The zero-order valence-electron chi connectivity index (χ0n) is 11.0. The molecule has 1 aromatic heterocycles. The monoisotopic (exact) mass is 293 g/mol. The van der Waals surface area contributed by atoms with Gasteiger partial charge in [-0.25, -0.2) is 8.78 Å². The van der Waals surface area contributed by atoms with E-state index in [-0.39, 0.29) is 18.9 Å². The number of hydrogen-bond donors (Lipinski definition) is 2. The minimum atomic E-state index is -0.968. The number of rotatable bonds is 2. The maximum atomic E-state index is 13.4. The number of carbonyl (C=O) groups excluding carboxylic acids is 1. The predicted octanol–water partition coefficient (Wildman–Crippen LogP) is 1.64. The van der Waals surface area contributed by atoms with Crippen LogP contribution >= 0.6 is 0 Å². The third kappa shape index (κ3) is 2.52. The number of hydrogen-bond acceptors (Lipinski definition) is 3. The van der Waals surface area contributed by atoms with Gasteiger partial charge in [-0.3, -0.25) is 9.89 Å². The lowest BCUT2D eigenvalue weighted by Crippen LogP contribution is -2.31. The highest BCUT2D eigenvalue weighted by atomic mass is 19.2. The molecule has 0 aliphatic carbocycles. The fraction of sp³-hybridized carbons (Fsp3) is 0.286. The number of nitrogens with one attached hydrogen (secondary N) is 1. The Morgan fingerprint density at radius 2 is 2.19 bits per heavy atom. The summed E-state index contributed by atoms with van der Waals surface area (Å²) >= 11 is 0. The molecule has 2 unspecified atom stereocenters. The molecule has 2 heterocycles. The molecule has 0 bridgehead atoms. The van der Waals surface area contributed by atoms with Gasteiger partial charge in [-0.05, 0) is 24.1 Å². The highest BCUT2D eigenvalue weighted by molar-refractivity contribution is 5.94. The molecule has 110 valence electrons. The molecule has 3 rings (SSSR count). The van der Waals surface area contributed by atoms with Crippen LogP contribution in [0.15, 0.2) is 30.6 Å². The molecule has 2 atom stereocenters. The van der Waals surface area contributed by atoms with E-state index in [0.717, 1.165) is 12.1 Å². The molecule has 1 aromatic carbocycles. The van der Waals surface area contributed by atoms with Gasteiger partial charge >= 0.3 is 0 Å². The standard InChI is InChI=1S/C14H13F2N3O2/c15-11-2-1-8(3-12(11)16)13-4-10(20)7-19(13)14(21)9-5-17-18-6-9/h1-3,5-6,10,13,20H,4,7H2,(H,17,18). The summed E-state index contributed by atoms with van der Waals surface area (Å²) in [6.07, 6.45) is 2.43. The second kappa shape index (κ2) is 5.25. The number of aliphatic hydroxyl groups excluding tert-OH is 1. The highest BCUT2D eigenvalue weighted by Crippen LogP contribution is 2.33. The molecular formula is C14H13F2N3O2. The van der Waals surface area contributed by atoms with Crippen molar-refractivity contribution in [3.05, 3.63) is 53.4 Å². The van der Waals surface area contributed by atoms with E-state index in [1.165, 1.54) is 23.4 Å². The summed E-state index contributed by atoms with van der Waals surface area (Å²) in [6, 6.07) is 3.03. The van der Waals surface area contributed by atoms with Crippen LogP contribution in [0.4, 0.5) is 8.78 Å². The first-order chi connectivity index (χ1) is 10.1. The normalized spacial score (nSPS) is 21.8. The number of benzene rings is 1. The van der Waals surface area contributed by atoms with Gasteiger partial charge in [0.25, 0.3) is 5.91 Å². The van der Waals surface area contributed by atoms with Crippen molar-refractivity contribution < 1.29 is 18.7 Å². The van der Waals surface area contributed by atoms with Crippen molar-refractivity contribution in [2.24, 2.45) is 0 Å². The largest absolute Gasteiger partial charge is 0.391 e.